The topological polar surface area (TPSA) is 43.4 Å². The van der Waals surface area contributed by atoms with Gasteiger partial charge in [0, 0.05) is 12.3 Å². The highest BCUT2D eigenvalue weighted by Gasteiger charge is 2.34. The van der Waals surface area contributed by atoms with Crippen LogP contribution < -0.4 is 0 Å². The van der Waals surface area contributed by atoms with Crippen LogP contribution in [0, 0.1) is 5.92 Å². The number of carbonyl (C=O) groups excluding carboxylic acids is 2. The molecule has 108 valence electrons. The van der Waals surface area contributed by atoms with E-state index in [1.165, 1.54) is 0 Å². The maximum absolute atomic E-state index is 12.3. The summed E-state index contributed by atoms with van der Waals surface area (Å²) in [5, 5.41) is 0. The van der Waals surface area contributed by atoms with Crippen LogP contribution >= 0.6 is 0 Å². The summed E-state index contributed by atoms with van der Waals surface area (Å²) in [5.41, 5.74) is 0.907. The number of carbonyl (C=O) groups is 2. The van der Waals surface area contributed by atoms with E-state index in [-0.39, 0.29) is 18.3 Å². The first-order chi connectivity index (χ1) is 9.65. The van der Waals surface area contributed by atoms with Gasteiger partial charge in [-0.15, -0.1) is 6.58 Å². The van der Waals surface area contributed by atoms with Crippen LogP contribution in [-0.4, -0.2) is 18.4 Å². The third-order valence-electron chi connectivity index (χ3n) is 3.18. The summed E-state index contributed by atoms with van der Waals surface area (Å²) in [6.07, 6.45) is 2.75. The van der Waals surface area contributed by atoms with Gasteiger partial charge in [-0.25, -0.2) is 0 Å². The van der Waals surface area contributed by atoms with Gasteiger partial charge in [0.2, 0.25) is 0 Å². The van der Waals surface area contributed by atoms with Gasteiger partial charge >= 0.3 is 5.97 Å². The molecule has 0 radical (unpaired) electrons. The second-order valence-corrected chi connectivity index (χ2v) is 4.62. The first-order valence-electron chi connectivity index (χ1n) is 7.02. The Balaban J connectivity index is 3.09. The summed E-state index contributed by atoms with van der Waals surface area (Å²) in [4.78, 5) is 24.4. The van der Waals surface area contributed by atoms with E-state index in [0.717, 1.165) is 5.56 Å². The predicted molar refractivity (Wildman–Crippen MR) is 79.4 cm³/mol. The zero-order valence-electron chi connectivity index (χ0n) is 12.2. The van der Waals surface area contributed by atoms with Crippen molar-refractivity contribution in [3.63, 3.8) is 0 Å². The van der Waals surface area contributed by atoms with Crippen LogP contribution in [0.5, 0.6) is 0 Å². The van der Waals surface area contributed by atoms with Gasteiger partial charge in [-0.1, -0.05) is 43.3 Å². The molecule has 1 aromatic carbocycles. The van der Waals surface area contributed by atoms with Crippen LogP contribution in [-0.2, 0) is 14.3 Å². The van der Waals surface area contributed by atoms with Crippen LogP contribution in [0.4, 0.5) is 0 Å². The molecule has 2 unspecified atom stereocenters. The van der Waals surface area contributed by atoms with Crippen LogP contribution in [0.25, 0.3) is 0 Å². The number of allylic oxidation sites excluding steroid dienone is 1. The molecule has 0 saturated carbocycles. The Hall–Kier alpha value is -1.90. The van der Waals surface area contributed by atoms with Gasteiger partial charge in [0.15, 0.2) is 0 Å². The third kappa shape index (κ3) is 4.05. The minimum atomic E-state index is -0.796. The molecule has 1 rings (SSSR count). The smallest absolute Gasteiger partial charge is 0.317 e. The van der Waals surface area contributed by atoms with Crippen LogP contribution in [0.2, 0.25) is 0 Å². The summed E-state index contributed by atoms with van der Waals surface area (Å²) >= 11 is 0. The van der Waals surface area contributed by atoms with E-state index in [1.54, 1.807) is 13.0 Å². The van der Waals surface area contributed by atoms with Crippen molar-refractivity contribution in [1.29, 1.82) is 0 Å². The maximum atomic E-state index is 12.3. The molecule has 0 aliphatic carbocycles. The van der Waals surface area contributed by atoms with Crippen molar-refractivity contribution in [2.45, 2.75) is 32.6 Å². The summed E-state index contributed by atoms with van der Waals surface area (Å²) in [5.74, 6) is -1.68. The molecular weight excluding hydrogens is 252 g/mol. The average molecular weight is 274 g/mol. The second-order valence-electron chi connectivity index (χ2n) is 4.62. The third-order valence-corrected chi connectivity index (χ3v) is 3.18. The van der Waals surface area contributed by atoms with Crippen LogP contribution in [0.15, 0.2) is 43.0 Å². The van der Waals surface area contributed by atoms with E-state index in [1.807, 2.05) is 37.3 Å². The van der Waals surface area contributed by atoms with Gasteiger partial charge in [0.25, 0.3) is 0 Å². The largest absolute Gasteiger partial charge is 0.465 e. The molecule has 0 N–H and O–H groups in total. The van der Waals surface area contributed by atoms with E-state index in [2.05, 4.69) is 6.58 Å². The van der Waals surface area contributed by atoms with Crippen LogP contribution in [0.1, 0.15) is 38.2 Å². The quantitative estimate of drug-likeness (QED) is 0.414. The Labute approximate surface area is 120 Å². The monoisotopic (exact) mass is 274 g/mol. The van der Waals surface area contributed by atoms with E-state index >= 15 is 0 Å². The van der Waals surface area contributed by atoms with Crippen molar-refractivity contribution in [3.8, 4) is 0 Å². The van der Waals surface area contributed by atoms with Gasteiger partial charge in [0.05, 0.1) is 6.61 Å². The van der Waals surface area contributed by atoms with Gasteiger partial charge in [-0.3, -0.25) is 9.59 Å². The van der Waals surface area contributed by atoms with Crippen molar-refractivity contribution in [2.24, 2.45) is 5.92 Å². The van der Waals surface area contributed by atoms with E-state index < -0.39 is 11.9 Å². The SMILES string of the molecule is C=CC(c1ccccc1)C(C(=O)CCC)C(=O)OCC. The fourth-order valence-corrected chi connectivity index (χ4v) is 2.25. The highest BCUT2D eigenvalue weighted by Crippen LogP contribution is 2.29. The standard InChI is InChI=1S/C17H22O3/c1-4-10-15(18)16(17(19)20-6-3)14(5-2)13-11-8-7-9-12-13/h5,7-9,11-12,14,16H,2,4,6,10H2,1,3H3. The van der Waals surface area contributed by atoms with Gasteiger partial charge < -0.3 is 4.74 Å². The van der Waals surface area contributed by atoms with Crippen molar-refractivity contribution >= 4 is 11.8 Å². The van der Waals surface area contributed by atoms with Crippen molar-refractivity contribution in [2.75, 3.05) is 6.61 Å². The predicted octanol–water partition coefficient (Wildman–Crippen LogP) is 3.50. The zero-order chi connectivity index (χ0) is 15.0. The van der Waals surface area contributed by atoms with Crippen molar-refractivity contribution < 1.29 is 14.3 Å². The first-order valence-corrected chi connectivity index (χ1v) is 7.02. The fourth-order valence-electron chi connectivity index (χ4n) is 2.25. The van der Waals surface area contributed by atoms with Gasteiger partial charge in [-0.2, -0.15) is 0 Å². The Morgan fingerprint density at radius 3 is 2.40 bits per heavy atom. The van der Waals surface area contributed by atoms with E-state index in [0.29, 0.717) is 12.8 Å². The number of benzene rings is 1. The van der Waals surface area contributed by atoms with Gasteiger partial charge in [-0.05, 0) is 18.9 Å². The lowest BCUT2D eigenvalue weighted by molar-refractivity contribution is -0.152. The lowest BCUT2D eigenvalue weighted by Crippen LogP contribution is -2.31. The molecule has 0 saturated heterocycles. The average Bonchev–Trinajstić information content (AvgIpc) is 2.45. The number of rotatable bonds is 8. The lowest BCUT2D eigenvalue weighted by Gasteiger charge is -2.22. The molecule has 3 heteroatoms. The molecule has 1 aromatic rings. The number of esters is 1. The van der Waals surface area contributed by atoms with Gasteiger partial charge in [0.1, 0.15) is 11.7 Å². The molecule has 20 heavy (non-hydrogen) atoms. The van der Waals surface area contributed by atoms with E-state index in [4.69, 9.17) is 4.74 Å². The number of hydrogen-bond donors (Lipinski definition) is 0. The number of Topliss-reactive ketones (excluding diaryl/α,β-unsaturated/α-hetero) is 1. The highest BCUT2D eigenvalue weighted by molar-refractivity contribution is 6.00. The number of ketones is 1. The summed E-state index contributed by atoms with van der Waals surface area (Å²) < 4.78 is 5.07. The molecule has 0 amide bonds. The lowest BCUT2D eigenvalue weighted by atomic mass is 9.82. The summed E-state index contributed by atoms with van der Waals surface area (Å²) in [7, 11) is 0. The van der Waals surface area contributed by atoms with Crippen molar-refractivity contribution in [3.05, 3.63) is 48.6 Å². The molecule has 0 fully saturated rings. The second kappa shape index (κ2) is 8.31. The van der Waals surface area contributed by atoms with E-state index in [9.17, 15) is 9.59 Å². The molecule has 3 nitrogen and oxygen atoms in total. The summed E-state index contributed by atoms with van der Waals surface area (Å²) in [6.45, 7) is 7.72. The highest BCUT2D eigenvalue weighted by atomic mass is 16.5. The Morgan fingerprint density at radius 1 is 1.25 bits per heavy atom. The molecule has 0 bridgehead atoms. The minimum absolute atomic E-state index is 0.0836. The summed E-state index contributed by atoms with van der Waals surface area (Å²) in [6, 6.07) is 9.48. The number of ether oxygens (including phenoxy) is 1. The molecule has 2 atom stereocenters. The first kappa shape index (κ1) is 16.2. The van der Waals surface area contributed by atoms with Crippen LogP contribution in [0.3, 0.4) is 0 Å². The Kier molecular flexibility index (Phi) is 6.71. The fraction of sp³-hybridized carbons (Fsp3) is 0.412. The zero-order valence-corrected chi connectivity index (χ0v) is 12.2. The van der Waals surface area contributed by atoms with Crippen molar-refractivity contribution in [1.82, 2.24) is 0 Å². The Morgan fingerprint density at radius 2 is 1.90 bits per heavy atom. The minimum Gasteiger partial charge on any atom is -0.465 e. The molecule has 0 aliphatic rings. The molecule has 0 aliphatic heterocycles. The normalized spacial score (nSPS) is 13.3. The molecular formula is C17H22O3. The Bertz CT molecular complexity index is 433. The maximum Gasteiger partial charge on any atom is 0.317 e. The number of hydrogen-bond acceptors (Lipinski definition) is 3. The molecule has 0 aromatic heterocycles. The molecule has 0 heterocycles. The molecule has 0 spiro atoms.